The fourth-order valence-electron chi connectivity index (χ4n) is 4.02. The predicted octanol–water partition coefficient (Wildman–Crippen LogP) is 4.37. The molecule has 2 saturated heterocycles. The van der Waals surface area contributed by atoms with Gasteiger partial charge in [-0.25, -0.2) is 4.79 Å². The molecule has 0 aliphatic carbocycles. The number of thiophene rings is 1. The minimum absolute atomic E-state index is 0.223. The fraction of sp³-hybridized carbons (Fsp3) is 0.476. The van der Waals surface area contributed by atoms with E-state index >= 15 is 0 Å². The number of carbonyl (C=O) groups excluding carboxylic acids is 1. The third-order valence-corrected chi connectivity index (χ3v) is 6.37. The first-order valence-electron chi connectivity index (χ1n) is 9.33. The molecule has 6 heteroatoms. The first-order chi connectivity index (χ1) is 13.2. The molecule has 2 aliphatic rings. The van der Waals surface area contributed by atoms with E-state index < -0.39 is 11.6 Å². The summed E-state index contributed by atoms with van der Waals surface area (Å²) in [6, 6.07) is 12.7. The second-order valence-corrected chi connectivity index (χ2v) is 7.94. The van der Waals surface area contributed by atoms with Crippen LogP contribution in [0.15, 0.2) is 47.8 Å². The zero-order chi connectivity index (χ0) is 19.3. The Balaban J connectivity index is 0.00000102. The molecule has 0 radical (unpaired) electrons. The van der Waals surface area contributed by atoms with Crippen LogP contribution in [0.5, 0.6) is 0 Å². The zero-order valence-corrected chi connectivity index (χ0v) is 17.9. The molecular formula is C21H26BrNO3S. The van der Waals surface area contributed by atoms with E-state index in [1.807, 2.05) is 35.5 Å². The van der Waals surface area contributed by atoms with Crippen LogP contribution in [0.25, 0.3) is 0 Å². The summed E-state index contributed by atoms with van der Waals surface area (Å²) in [5.74, 6) is 1.97. The van der Waals surface area contributed by atoms with Crippen molar-refractivity contribution in [1.82, 2.24) is 4.90 Å². The molecule has 2 aromatic rings. The van der Waals surface area contributed by atoms with Crippen molar-refractivity contribution in [2.75, 3.05) is 18.9 Å². The average Bonchev–Trinajstić information content (AvgIpc) is 3.27. The highest BCUT2D eigenvalue weighted by Crippen LogP contribution is 2.36. The van der Waals surface area contributed by atoms with Gasteiger partial charge in [-0.1, -0.05) is 52.3 Å². The molecule has 1 aromatic heterocycles. The summed E-state index contributed by atoms with van der Waals surface area (Å²) in [4.78, 5) is 16.0. The van der Waals surface area contributed by atoms with Gasteiger partial charge < -0.3 is 9.84 Å². The summed E-state index contributed by atoms with van der Waals surface area (Å²) in [6.45, 7) is 1.97. The number of halogens is 1. The van der Waals surface area contributed by atoms with Crippen molar-refractivity contribution in [2.24, 2.45) is 5.92 Å². The Labute approximate surface area is 173 Å². The number of alkyl halides is 1. The molecule has 4 rings (SSSR count). The molecule has 2 bridgehead atoms. The number of piperidine rings is 2. The summed E-state index contributed by atoms with van der Waals surface area (Å²) in [7, 11) is 0. The van der Waals surface area contributed by atoms with Crippen molar-refractivity contribution in [3.05, 3.63) is 58.3 Å². The van der Waals surface area contributed by atoms with Gasteiger partial charge >= 0.3 is 5.97 Å². The number of rotatable bonds is 4. The second-order valence-electron chi connectivity index (χ2n) is 6.99. The first-order valence-corrected chi connectivity index (χ1v) is 11.8. The molecule has 0 spiro atoms. The molecule has 4 unspecified atom stereocenters. The summed E-state index contributed by atoms with van der Waals surface area (Å²) in [6.07, 6.45) is 4.16. The number of fused-ring (bicyclic) bond motifs is 2. The van der Waals surface area contributed by atoms with Gasteiger partial charge in [0.25, 0.3) is 0 Å². The predicted molar refractivity (Wildman–Crippen MR) is 112 cm³/mol. The highest BCUT2D eigenvalue weighted by Gasteiger charge is 2.45. The molecule has 4 atom stereocenters. The molecule has 2 fully saturated rings. The number of carbonyl (C=O) groups is 1. The highest BCUT2D eigenvalue weighted by molar-refractivity contribution is 9.08. The van der Waals surface area contributed by atoms with Gasteiger partial charge in [0.1, 0.15) is 0 Å². The van der Waals surface area contributed by atoms with Crippen LogP contribution in [0.2, 0.25) is 0 Å². The van der Waals surface area contributed by atoms with Crippen molar-refractivity contribution in [3.8, 4) is 0 Å². The van der Waals surface area contributed by atoms with Gasteiger partial charge in [0.05, 0.1) is 4.88 Å². The van der Waals surface area contributed by atoms with Crippen molar-refractivity contribution >= 4 is 33.2 Å². The molecule has 0 amide bonds. The average molecular weight is 452 g/mol. The van der Waals surface area contributed by atoms with Crippen LogP contribution >= 0.6 is 27.3 Å². The van der Waals surface area contributed by atoms with Crippen molar-refractivity contribution in [1.29, 1.82) is 0 Å². The lowest BCUT2D eigenvalue weighted by Gasteiger charge is -2.43. The molecule has 3 heterocycles. The maximum absolute atomic E-state index is 13.1. The summed E-state index contributed by atoms with van der Waals surface area (Å²) in [5.41, 5.74) is -1.20. The summed E-state index contributed by atoms with van der Waals surface area (Å²) >= 11 is 4.31. The Morgan fingerprint density at radius 3 is 2.67 bits per heavy atom. The van der Waals surface area contributed by atoms with Gasteiger partial charge in [-0.05, 0) is 48.9 Å². The van der Waals surface area contributed by atoms with E-state index in [2.05, 4.69) is 20.8 Å². The Morgan fingerprint density at radius 2 is 1.96 bits per heavy atom. The standard InChI is InChI=1S/C20H23NO3S.CH3Br/c22-19(24-18-11-10-15-6-4-12-21(18)14-15)20(23,17-9-5-13-25-17)16-7-2-1-3-8-16;1-2/h1-3,5,7-9,13,15,18,23H,4,6,10-12,14H2;1H3. The summed E-state index contributed by atoms with van der Waals surface area (Å²) < 4.78 is 5.86. The normalized spacial score (nSPS) is 26.3. The molecule has 1 aromatic carbocycles. The third kappa shape index (κ3) is 4.29. The topological polar surface area (TPSA) is 49.8 Å². The molecule has 4 nitrogen and oxygen atoms in total. The van der Waals surface area contributed by atoms with E-state index in [0.29, 0.717) is 10.4 Å². The number of ether oxygens (including phenoxy) is 1. The van der Waals surface area contributed by atoms with Gasteiger partial charge in [-0.15, -0.1) is 11.3 Å². The lowest BCUT2D eigenvalue weighted by atomic mass is 9.88. The molecule has 27 heavy (non-hydrogen) atoms. The zero-order valence-electron chi connectivity index (χ0n) is 15.5. The molecule has 1 N–H and O–H groups in total. The van der Waals surface area contributed by atoms with Crippen LogP contribution in [-0.4, -0.2) is 41.1 Å². The number of benzene rings is 1. The van der Waals surface area contributed by atoms with Gasteiger partial charge in [0.2, 0.25) is 5.60 Å². The molecule has 0 saturated carbocycles. The van der Waals surface area contributed by atoms with Crippen LogP contribution in [0.4, 0.5) is 0 Å². The third-order valence-electron chi connectivity index (χ3n) is 5.39. The van der Waals surface area contributed by atoms with Crippen LogP contribution in [0.3, 0.4) is 0 Å². The highest BCUT2D eigenvalue weighted by atomic mass is 79.9. The number of hydrogen-bond acceptors (Lipinski definition) is 5. The Hall–Kier alpha value is -1.21. The minimum atomic E-state index is -1.75. The van der Waals surface area contributed by atoms with Crippen molar-refractivity contribution in [3.63, 3.8) is 0 Å². The van der Waals surface area contributed by atoms with Gasteiger partial charge in [-0.2, -0.15) is 0 Å². The Morgan fingerprint density at radius 1 is 1.19 bits per heavy atom. The van der Waals surface area contributed by atoms with E-state index in [0.717, 1.165) is 38.3 Å². The molecule has 2 aliphatic heterocycles. The largest absolute Gasteiger partial charge is 0.444 e. The van der Waals surface area contributed by atoms with E-state index in [9.17, 15) is 9.90 Å². The van der Waals surface area contributed by atoms with Gasteiger partial charge in [-0.3, -0.25) is 4.90 Å². The first kappa shape index (κ1) is 20.5. The maximum atomic E-state index is 13.1. The number of esters is 1. The quantitative estimate of drug-likeness (QED) is 0.553. The monoisotopic (exact) mass is 451 g/mol. The minimum Gasteiger partial charge on any atom is -0.444 e. The summed E-state index contributed by atoms with van der Waals surface area (Å²) in [5, 5.41) is 13.3. The van der Waals surface area contributed by atoms with Crippen LogP contribution < -0.4 is 0 Å². The smallest absolute Gasteiger partial charge is 0.350 e. The second kappa shape index (κ2) is 9.32. The van der Waals surface area contributed by atoms with Crippen molar-refractivity contribution in [2.45, 2.75) is 37.5 Å². The number of hydrogen-bond donors (Lipinski definition) is 1. The fourth-order valence-corrected chi connectivity index (χ4v) is 4.85. The van der Waals surface area contributed by atoms with E-state index in [1.54, 1.807) is 18.2 Å². The van der Waals surface area contributed by atoms with Crippen LogP contribution in [0.1, 0.15) is 36.1 Å². The Bertz CT molecular complexity index is 724. The maximum Gasteiger partial charge on any atom is 0.350 e. The molecule has 146 valence electrons. The van der Waals surface area contributed by atoms with E-state index in [-0.39, 0.29) is 6.23 Å². The van der Waals surface area contributed by atoms with Gasteiger partial charge in [0, 0.05) is 18.7 Å². The lowest BCUT2D eigenvalue weighted by molar-refractivity contribution is -0.184. The molecular weight excluding hydrogens is 426 g/mol. The van der Waals surface area contributed by atoms with Crippen LogP contribution in [-0.2, 0) is 15.1 Å². The van der Waals surface area contributed by atoms with E-state index in [1.165, 1.54) is 17.8 Å². The number of aliphatic hydroxyl groups is 1. The SMILES string of the molecule is CBr.O=C(OC1CCC2CCCN1C2)C(O)(c1ccccc1)c1cccs1. The lowest BCUT2D eigenvalue weighted by Crippen LogP contribution is -2.51. The number of nitrogens with zero attached hydrogens (tertiary/aromatic N) is 1. The van der Waals surface area contributed by atoms with Gasteiger partial charge in [0.15, 0.2) is 6.23 Å². The van der Waals surface area contributed by atoms with Crippen LogP contribution in [0, 0.1) is 5.92 Å². The Kier molecular flexibility index (Phi) is 7.09. The van der Waals surface area contributed by atoms with E-state index in [4.69, 9.17) is 4.74 Å². The van der Waals surface area contributed by atoms with Crippen molar-refractivity contribution < 1.29 is 14.6 Å².